The van der Waals surface area contributed by atoms with Crippen molar-refractivity contribution in [3.63, 3.8) is 0 Å². The lowest BCUT2D eigenvalue weighted by atomic mass is 9.81. The summed E-state index contributed by atoms with van der Waals surface area (Å²) in [7, 11) is 1.89. The van der Waals surface area contributed by atoms with Crippen molar-refractivity contribution in [2.75, 3.05) is 20.1 Å². The van der Waals surface area contributed by atoms with E-state index in [0.29, 0.717) is 12.1 Å². The van der Waals surface area contributed by atoms with Gasteiger partial charge in [0, 0.05) is 44.2 Å². The summed E-state index contributed by atoms with van der Waals surface area (Å²) in [5, 5.41) is 41.1. The number of likely N-dealkylation sites (N-methyl/N-ethyl adjacent to an activating group) is 1. The fraction of sp³-hybridized carbons (Fsp3) is 0.600. The van der Waals surface area contributed by atoms with E-state index in [-0.39, 0.29) is 24.9 Å². The Morgan fingerprint density at radius 2 is 2.09 bits per heavy atom. The first-order chi connectivity index (χ1) is 10.4. The summed E-state index contributed by atoms with van der Waals surface area (Å²) in [6, 6.07) is 0.00811. The molecular formula is C15H25N3O4. The van der Waals surface area contributed by atoms with Gasteiger partial charge in [0.25, 0.3) is 0 Å². The van der Waals surface area contributed by atoms with E-state index in [0.717, 1.165) is 5.57 Å². The van der Waals surface area contributed by atoms with Gasteiger partial charge in [-0.05, 0) is 5.57 Å². The molecule has 1 aliphatic carbocycles. The number of aliphatic hydroxyl groups is 4. The minimum absolute atomic E-state index is 0.00811. The molecule has 0 fully saturated rings. The van der Waals surface area contributed by atoms with Gasteiger partial charge in [-0.3, -0.25) is 5.32 Å². The normalized spacial score (nSPS) is 29.2. The lowest BCUT2D eigenvalue weighted by Gasteiger charge is -2.42. The van der Waals surface area contributed by atoms with Gasteiger partial charge in [0.2, 0.25) is 0 Å². The van der Waals surface area contributed by atoms with Crippen LogP contribution in [0.2, 0.25) is 0 Å². The van der Waals surface area contributed by atoms with Crippen molar-refractivity contribution >= 4 is 0 Å². The van der Waals surface area contributed by atoms with Crippen LogP contribution in [0.1, 0.15) is 6.42 Å². The molecule has 0 saturated heterocycles. The van der Waals surface area contributed by atoms with Crippen LogP contribution in [0.25, 0.3) is 0 Å². The Balaban J connectivity index is 2.08. The van der Waals surface area contributed by atoms with Crippen LogP contribution in [0.4, 0.5) is 0 Å². The minimum Gasteiger partial charge on any atom is -0.388 e. The summed E-state index contributed by atoms with van der Waals surface area (Å²) >= 11 is 0. The zero-order valence-electron chi connectivity index (χ0n) is 12.6. The third-order valence-electron chi connectivity index (χ3n) is 4.13. The Kier molecular flexibility index (Phi) is 5.74. The Morgan fingerprint density at radius 3 is 2.73 bits per heavy atom. The van der Waals surface area contributed by atoms with Crippen molar-refractivity contribution in [2.24, 2.45) is 11.7 Å². The average molecular weight is 311 g/mol. The van der Waals surface area contributed by atoms with E-state index in [1.165, 1.54) is 0 Å². The molecule has 1 aliphatic heterocycles. The average Bonchev–Trinajstić information content (AvgIpc) is 2.49. The van der Waals surface area contributed by atoms with Crippen molar-refractivity contribution in [3.05, 3.63) is 35.6 Å². The van der Waals surface area contributed by atoms with E-state index in [1.807, 2.05) is 30.2 Å². The smallest absolute Gasteiger partial charge is 0.152 e. The lowest BCUT2D eigenvalue weighted by Crippen LogP contribution is -2.49. The molecule has 4 unspecified atom stereocenters. The summed E-state index contributed by atoms with van der Waals surface area (Å²) in [5.74, 6) is -0.153. The fourth-order valence-electron chi connectivity index (χ4n) is 2.87. The standard InChI is InChI=1S/C15H25N3O4/c1-18-8-11(15(22)17-5-4-13(19)20)14(21)10-3-2-9(7-16)6-12(10)18/h2-3,6,8,10,12-15,17,19-22H,4-5,7,16H2,1H3. The minimum atomic E-state index is -1.42. The number of nitrogens with one attached hydrogen (secondary N) is 1. The monoisotopic (exact) mass is 311 g/mol. The number of fused-ring (bicyclic) bond motifs is 1. The summed E-state index contributed by atoms with van der Waals surface area (Å²) < 4.78 is 0. The Labute approximate surface area is 130 Å². The molecule has 0 aromatic heterocycles. The maximum atomic E-state index is 10.5. The number of hydrogen-bond donors (Lipinski definition) is 6. The van der Waals surface area contributed by atoms with Crippen LogP contribution in [-0.4, -0.2) is 70.1 Å². The van der Waals surface area contributed by atoms with Crippen LogP contribution in [0, 0.1) is 5.92 Å². The Hall–Kier alpha value is -1.22. The van der Waals surface area contributed by atoms with Crippen molar-refractivity contribution in [1.82, 2.24) is 10.2 Å². The van der Waals surface area contributed by atoms with Gasteiger partial charge in [0.15, 0.2) is 6.29 Å². The fourth-order valence-corrected chi connectivity index (χ4v) is 2.87. The highest BCUT2D eigenvalue weighted by Crippen LogP contribution is 2.32. The van der Waals surface area contributed by atoms with Crippen LogP contribution < -0.4 is 11.1 Å². The number of rotatable bonds is 6. The molecule has 7 heteroatoms. The summed E-state index contributed by atoms with van der Waals surface area (Å²) in [4.78, 5) is 1.94. The number of hydrogen-bond acceptors (Lipinski definition) is 7. The maximum absolute atomic E-state index is 10.5. The van der Waals surface area contributed by atoms with E-state index >= 15 is 0 Å². The lowest BCUT2D eigenvalue weighted by molar-refractivity contribution is -0.0463. The molecule has 0 radical (unpaired) electrons. The van der Waals surface area contributed by atoms with Gasteiger partial charge in [-0.15, -0.1) is 0 Å². The Bertz CT molecular complexity index is 475. The molecular weight excluding hydrogens is 286 g/mol. The van der Waals surface area contributed by atoms with Gasteiger partial charge >= 0.3 is 0 Å². The van der Waals surface area contributed by atoms with Gasteiger partial charge in [0.05, 0.1) is 12.1 Å². The van der Waals surface area contributed by atoms with Crippen LogP contribution in [-0.2, 0) is 0 Å². The molecule has 0 bridgehead atoms. The molecule has 2 aliphatic rings. The van der Waals surface area contributed by atoms with Gasteiger partial charge < -0.3 is 31.1 Å². The van der Waals surface area contributed by atoms with E-state index in [9.17, 15) is 10.2 Å². The van der Waals surface area contributed by atoms with E-state index in [2.05, 4.69) is 5.32 Å². The molecule has 7 nitrogen and oxygen atoms in total. The highest BCUT2D eigenvalue weighted by molar-refractivity contribution is 5.34. The van der Waals surface area contributed by atoms with Crippen LogP contribution in [0.3, 0.4) is 0 Å². The van der Waals surface area contributed by atoms with Crippen LogP contribution in [0.15, 0.2) is 35.6 Å². The number of nitrogens with two attached hydrogens (primary N) is 1. The molecule has 124 valence electrons. The second-order valence-corrected chi connectivity index (χ2v) is 5.74. The summed E-state index contributed by atoms with van der Waals surface area (Å²) in [6.07, 6.45) is 4.42. The second-order valence-electron chi connectivity index (χ2n) is 5.74. The zero-order chi connectivity index (χ0) is 16.3. The van der Waals surface area contributed by atoms with Crippen molar-refractivity contribution in [3.8, 4) is 0 Å². The summed E-state index contributed by atoms with van der Waals surface area (Å²) in [6.45, 7) is 0.682. The molecule has 7 N–H and O–H groups in total. The predicted molar refractivity (Wildman–Crippen MR) is 82.3 cm³/mol. The first kappa shape index (κ1) is 17.1. The molecule has 1 heterocycles. The predicted octanol–water partition coefficient (Wildman–Crippen LogP) is -1.77. The summed E-state index contributed by atoms with van der Waals surface area (Å²) in [5.41, 5.74) is 7.14. The van der Waals surface area contributed by atoms with Gasteiger partial charge in [-0.2, -0.15) is 0 Å². The SMILES string of the molecule is CN1C=C(C(O)NCCC(O)O)C(O)C2C=CC(CN)=CC21. The second kappa shape index (κ2) is 7.36. The highest BCUT2D eigenvalue weighted by Gasteiger charge is 2.37. The van der Waals surface area contributed by atoms with Crippen molar-refractivity contribution in [2.45, 2.75) is 31.1 Å². The molecule has 2 rings (SSSR count). The van der Waals surface area contributed by atoms with Gasteiger partial charge in [-0.1, -0.05) is 18.2 Å². The molecule has 0 amide bonds. The Morgan fingerprint density at radius 1 is 1.36 bits per heavy atom. The third kappa shape index (κ3) is 3.75. The largest absolute Gasteiger partial charge is 0.388 e. The first-order valence-corrected chi connectivity index (χ1v) is 7.42. The number of nitrogens with zero attached hydrogens (tertiary/aromatic N) is 1. The molecule has 4 atom stereocenters. The third-order valence-corrected chi connectivity index (χ3v) is 4.13. The number of aliphatic hydroxyl groups excluding tert-OH is 3. The molecule has 0 aromatic carbocycles. The zero-order valence-corrected chi connectivity index (χ0v) is 12.6. The molecule has 22 heavy (non-hydrogen) atoms. The quantitative estimate of drug-likeness (QED) is 0.321. The van der Waals surface area contributed by atoms with Crippen LogP contribution in [0.5, 0.6) is 0 Å². The van der Waals surface area contributed by atoms with Crippen molar-refractivity contribution in [1.29, 1.82) is 0 Å². The van der Waals surface area contributed by atoms with E-state index in [1.54, 1.807) is 6.20 Å². The maximum Gasteiger partial charge on any atom is 0.152 e. The molecule has 0 spiro atoms. The highest BCUT2D eigenvalue weighted by atomic mass is 16.5. The van der Waals surface area contributed by atoms with Crippen molar-refractivity contribution < 1.29 is 20.4 Å². The van der Waals surface area contributed by atoms with Gasteiger partial charge in [0.1, 0.15) is 6.23 Å². The molecule has 0 saturated carbocycles. The topological polar surface area (TPSA) is 122 Å². The first-order valence-electron chi connectivity index (χ1n) is 7.42. The van der Waals surface area contributed by atoms with Gasteiger partial charge in [-0.25, -0.2) is 0 Å². The van der Waals surface area contributed by atoms with Crippen LogP contribution >= 0.6 is 0 Å². The van der Waals surface area contributed by atoms with E-state index < -0.39 is 18.6 Å². The molecule has 0 aromatic rings. The van der Waals surface area contributed by atoms with E-state index in [4.69, 9.17) is 15.9 Å².